The molecule has 0 saturated carbocycles. The molecule has 0 bridgehead atoms. The molecule has 8 heteroatoms. The van der Waals surface area contributed by atoms with E-state index >= 15 is 0 Å². The predicted octanol–water partition coefficient (Wildman–Crippen LogP) is 3.53. The van der Waals surface area contributed by atoms with Gasteiger partial charge in [0.25, 0.3) is 11.8 Å². The van der Waals surface area contributed by atoms with Crippen LogP contribution in [-0.4, -0.2) is 24.6 Å². The Kier molecular flexibility index (Phi) is 6.61. The van der Waals surface area contributed by atoms with Crippen LogP contribution in [0.15, 0.2) is 47.6 Å². The van der Waals surface area contributed by atoms with Gasteiger partial charge in [-0.05, 0) is 24.3 Å². The summed E-state index contributed by atoms with van der Waals surface area (Å²) in [7, 11) is 0. The maximum atomic E-state index is 11.9. The lowest BCUT2D eigenvalue weighted by Crippen LogP contribution is -2.35. The van der Waals surface area contributed by atoms with Gasteiger partial charge in [0, 0.05) is 10.6 Å². The van der Waals surface area contributed by atoms with Gasteiger partial charge in [0.1, 0.15) is 0 Å². The van der Waals surface area contributed by atoms with E-state index in [1.807, 2.05) is 0 Å². The first kappa shape index (κ1) is 18.3. The Hall–Kier alpha value is -2.08. The van der Waals surface area contributed by atoms with Gasteiger partial charge in [0.05, 0.1) is 28.4 Å². The van der Waals surface area contributed by atoms with Crippen molar-refractivity contribution in [3.05, 3.63) is 68.7 Å². The number of carbonyl (C=O) groups is 2. The minimum atomic E-state index is -0.489. The monoisotopic (exact) mass is 383 g/mol. The zero-order valence-corrected chi connectivity index (χ0v) is 14.5. The predicted molar refractivity (Wildman–Crippen MR) is 96.0 cm³/mol. The minimum Gasteiger partial charge on any atom is -0.343 e. The number of amides is 2. The fourth-order valence-corrected chi connectivity index (χ4v) is 2.40. The number of nitrogens with zero attached hydrogens (tertiary/aromatic N) is 1. The molecule has 0 aliphatic carbocycles. The summed E-state index contributed by atoms with van der Waals surface area (Å²) in [5, 5.41) is 7.45. The van der Waals surface area contributed by atoms with Crippen LogP contribution in [0.5, 0.6) is 0 Å². The minimum absolute atomic E-state index is 0.240. The van der Waals surface area contributed by atoms with Crippen LogP contribution in [0.4, 0.5) is 0 Å². The lowest BCUT2D eigenvalue weighted by Gasteiger charge is -2.05. The number of nitrogens with one attached hydrogen (secondary N) is 2. The SMILES string of the molecule is O=C(CNC(=O)c1ccccc1Cl)NN=Cc1ccc(Cl)cc1Cl. The smallest absolute Gasteiger partial charge is 0.259 e. The number of hydrazone groups is 1. The first-order valence-electron chi connectivity index (χ1n) is 6.77. The van der Waals surface area contributed by atoms with E-state index < -0.39 is 11.8 Å². The van der Waals surface area contributed by atoms with E-state index in [1.54, 1.807) is 42.5 Å². The molecule has 0 heterocycles. The van der Waals surface area contributed by atoms with Crippen LogP contribution in [0.3, 0.4) is 0 Å². The van der Waals surface area contributed by atoms with Crippen LogP contribution in [0.2, 0.25) is 15.1 Å². The summed E-state index contributed by atoms with van der Waals surface area (Å²) < 4.78 is 0. The van der Waals surface area contributed by atoms with Gasteiger partial charge in [0.2, 0.25) is 0 Å². The highest BCUT2D eigenvalue weighted by molar-refractivity contribution is 6.36. The quantitative estimate of drug-likeness (QED) is 0.611. The summed E-state index contributed by atoms with van der Waals surface area (Å²) in [6.45, 7) is -0.240. The van der Waals surface area contributed by atoms with Crippen molar-refractivity contribution in [3.8, 4) is 0 Å². The number of halogens is 3. The summed E-state index contributed by atoms with van der Waals surface area (Å²) in [6, 6.07) is 11.4. The number of hydrogen-bond acceptors (Lipinski definition) is 3. The standard InChI is InChI=1S/C16H12Cl3N3O2/c17-11-6-5-10(14(19)7-11)8-21-22-15(23)9-20-16(24)12-3-1-2-4-13(12)18/h1-8H,9H2,(H,20,24)(H,22,23). The fraction of sp³-hybridized carbons (Fsp3) is 0.0625. The van der Waals surface area contributed by atoms with E-state index in [2.05, 4.69) is 15.8 Å². The molecular weight excluding hydrogens is 373 g/mol. The number of benzene rings is 2. The molecule has 0 spiro atoms. The Balaban J connectivity index is 1.84. The Morgan fingerprint density at radius 2 is 1.79 bits per heavy atom. The van der Waals surface area contributed by atoms with Gasteiger partial charge in [-0.3, -0.25) is 9.59 Å². The van der Waals surface area contributed by atoms with Crippen molar-refractivity contribution in [3.63, 3.8) is 0 Å². The molecule has 0 unspecified atom stereocenters. The summed E-state index contributed by atoms with van der Waals surface area (Å²) >= 11 is 17.7. The molecule has 24 heavy (non-hydrogen) atoms. The Morgan fingerprint density at radius 1 is 1.04 bits per heavy atom. The third-order valence-electron chi connectivity index (χ3n) is 2.88. The van der Waals surface area contributed by atoms with Crippen molar-refractivity contribution >= 4 is 52.8 Å². The van der Waals surface area contributed by atoms with Crippen molar-refractivity contribution in [1.29, 1.82) is 0 Å². The molecule has 5 nitrogen and oxygen atoms in total. The average molecular weight is 385 g/mol. The van der Waals surface area contributed by atoms with Crippen molar-refractivity contribution < 1.29 is 9.59 Å². The Bertz CT molecular complexity index is 794. The van der Waals surface area contributed by atoms with Gasteiger partial charge in [-0.25, -0.2) is 5.43 Å². The second-order valence-electron chi connectivity index (χ2n) is 4.62. The van der Waals surface area contributed by atoms with E-state index in [4.69, 9.17) is 34.8 Å². The zero-order valence-electron chi connectivity index (χ0n) is 12.2. The van der Waals surface area contributed by atoms with Gasteiger partial charge in [-0.15, -0.1) is 0 Å². The summed E-state index contributed by atoms with van der Waals surface area (Å²) in [6.07, 6.45) is 1.38. The fourth-order valence-electron chi connectivity index (χ4n) is 1.72. The van der Waals surface area contributed by atoms with E-state index in [0.29, 0.717) is 26.2 Å². The van der Waals surface area contributed by atoms with Crippen LogP contribution in [-0.2, 0) is 4.79 Å². The third-order valence-corrected chi connectivity index (χ3v) is 3.78. The molecule has 0 aliphatic rings. The van der Waals surface area contributed by atoms with E-state index in [0.717, 1.165) is 0 Å². The number of rotatable bonds is 5. The molecule has 2 aromatic carbocycles. The highest BCUT2D eigenvalue weighted by Crippen LogP contribution is 2.19. The maximum Gasteiger partial charge on any atom is 0.259 e. The van der Waals surface area contributed by atoms with Crippen molar-refractivity contribution in [2.24, 2.45) is 5.10 Å². The van der Waals surface area contributed by atoms with Gasteiger partial charge in [0.15, 0.2) is 0 Å². The molecule has 0 fully saturated rings. The van der Waals surface area contributed by atoms with E-state index in [1.165, 1.54) is 6.21 Å². The number of hydrogen-bond donors (Lipinski definition) is 2. The van der Waals surface area contributed by atoms with Gasteiger partial charge in [-0.1, -0.05) is 53.0 Å². The molecule has 2 rings (SSSR count). The molecule has 0 atom stereocenters. The molecule has 124 valence electrons. The molecule has 0 aliphatic heterocycles. The maximum absolute atomic E-state index is 11.9. The topological polar surface area (TPSA) is 70.6 Å². The molecule has 2 aromatic rings. The second-order valence-corrected chi connectivity index (χ2v) is 5.87. The second kappa shape index (κ2) is 8.68. The third kappa shape index (κ3) is 5.23. The Morgan fingerprint density at radius 3 is 2.50 bits per heavy atom. The lowest BCUT2D eigenvalue weighted by molar-refractivity contribution is -0.120. The van der Waals surface area contributed by atoms with Gasteiger partial charge >= 0.3 is 0 Å². The van der Waals surface area contributed by atoms with E-state index in [9.17, 15) is 9.59 Å². The average Bonchev–Trinajstić information content (AvgIpc) is 2.55. The molecule has 0 radical (unpaired) electrons. The Labute approximate surface area is 153 Å². The van der Waals surface area contributed by atoms with Crippen molar-refractivity contribution in [1.82, 2.24) is 10.7 Å². The van der Waals surface area contributed by atoms with Gasteiger partial charge in [-0.2, -0.15) is 5.10 Å². The molecular formula is C16H12Cl3N3O2. The van der Waals surface area contributed by atoms with Crippen LogP contribution in [0.1, 0.15) is 15.9 Å². The van der Waals surface area contributed by atoms with Crippen molar-refractivity contribution in [2.75, 3.05) is 6.54 Å². The highest BCUT2D eigenvalue weighted by atomic mass is 35.5. The number of carbonyl (C=O) groups excluding carboxylic acids is 2. The zero-order chi connectivity index (χ0) is 17.5. The summed E-state index contributed by atoms with van der Waals surface area (Å²) in [4.78, 5) is 23.6. The molecule has 2 N–H and O–H groups in total. The van der Waals surface area contributed by atoms with Crippen LogP contribution < -0.4 is 10.7 Å². The van der Waals surface area contributed by atoms with Gasteiger partial charge < -0.3 is 5.32 Å². The first-order valence-corrected chi connectivity index (χ1v) is 7.90. The van der Waals surface area contributed by atoms with E-state index in [-0.39, 0.29) is 6.54 Å². The van der Waals surface area contributed by atoms with Crippen molar-refractivity contribution in [2.45, 2.75) is 0 Å². The largest absolute Gasteiger partial charge is 0.343 e. The molecule has 2 amide bonds. The highest BCUT2D eigenvalue weighted by Gasteiger charge is 2.10. The first-order chi connectivity index (χ1) is 11.5. The molecule has 0 aromatic heterocycles. The lowest BCUT2D eigenvalue weighted by atomic mass is 10.2. The van der Waals surface area contributed by atoms with Crippen LogP contribution >= 0.6 is 34.8 Å². The summed E-state index contributed by atoms with van der Waals surface area (Å²) in [5.74, 6) is -0.933. The normalized spacial score (nSPS) is 10.6. The van der Waals surface area contributed by atoms with Crippen LogP contribution in [0.25, 0.3) is 0 Å². The summed E-state index contributed by atoms with van der Waals surface area (Å²) in [5.41, 5.74) is 3.18. The molecule has 0 saturated heterocycles. The van der Waals surface area contributed by atoms with Crippen LogP contribution in [0, 0.1) is 0 Å².